The van der Waals surface area contributed by atoms with Gasteiger partial charge in [-0.05, 0) is 35.9 Å². The minimum Gasteiger partial charge on any atom is -0.384 e. The molecule has 0 spiro atoms. The number of aryl methyl sites for hydroxylation is 1. The summed E-state index contributed by atoms with van der Waals surface area (Å²) >= 11 is 7.59. The van der Waals surface area contributed by atoms with Crippen molar-refractivity contribution in [3.05, 3.63) is 75.1 Å². The lowest BCUT2D eigenvalue weighted by molar-refractivity contribution is -0.120. The fourth-order valence-corrected chi connectivity index (χ4v) is 4.29. The van der Waals surface area contributed by atoms with Gasteiger partial charge in [-0.3, -0.25) is 4.79 Å². The first-order chi connectivity index (χ1) is 11.5. The molecule has 1 aliphatic rings. The highest BCUT2D eigenvalue weighted by Gasteiger charge is 2.42. The fraction of sp³-hybridized carbons (Fsp3) is 0.250. The average Bonchev–Trinajstić information content (AvgIpc) is 2.81. The molecule has 0 heterocycles. The molecule has 0 saturated heterocycles. The van der Waals surface area contributed by atoms with Crippen molar-refractivity contribution >= 4 is 34.7 Å². The van der Waals surface area contributed by atoms with Crippen LogP contribution in [0.4, 0.5) is 0 Å². The number of Topliss-reactive ketones (excluding diaryl/α,β-unsaturated/α-hetero) is 1. The van der Waals surface area contributed by atoms with Gasteiger partial charge in [-0.1, -0.05) is 60.5 Å². The largest absolute Gasteiger partial charge is 0.384 e. The van der Waals surface area contributed by atoms with E-state index in [9.17, 15) is 9.90 Å². The second-order valence-corrected chi connectivity index (χ2v) is 7.62. The number of aliphatic hydroxyl groups excluding tert-OH is 1. The van der Waals surface area contributed by atoms with Gasteiger partial charge in [0, 0.05) is 21.4 Å². The number of hydrogen-bond donors (Lipinski definition) is 1. The average molecular weight is 359 g/mol. The molecule has 2 nitrogen and oxygen atoms in total. The Morgan fingerprint density at radius 3 is 2.29 bits per heavy atom. The number of ketones is 1. The number of aliphatic hydroxyl groups is 1. The number of carbonyl (C=O) groups excluding carboxylic acids is 1. The molecule has 3 rings (SSSR count). The van der Waals surface area contributed by atoms with E-state index in [0.29, 0.717) is 10.6 Å². The van der Waals surface area contributed by atoms with Crippen LogP contribution in [-0.4, -0.2) is 22.7 Å². The van der Waals surface area contributed by atoms with Crippen LogP contribution in [0.3, 0.4) is 0 Å². The number of benzene rings is 2. The zero-order valence-electron chi connectivity index (χ0n) is 13.6. The molecule has 2 aromatic rings. The van der Waals surface area contributed by atoms with E-state index in [1.165, 1.54) is 0 Å². The summed E-state index contributed by atoms with van der Waals surface area (Å²) in [6, 6.07) is 15.3. The zero-order valence-corrected chi connectivity index (χ0v) is 15.2. The van der Waals surface area contributed by atoms with E-state index in [1.54, 1.807) is 23.9 Å². The third kappa shape index (κ3) is 3.16. The van der Waals surface area contributed by atoms with Crippen molar-refractivity contribution in [2.75, 3.05) is 5.75 Å². The van der Waals surface area contributed by atoms with E-state index in [2.05, 4.69) is 6.92 Å². The number of thioether (sulfide) groups is 1. The van der Waals surface area contributed by atoms with Crippen LogP contribution in [0.25, 0.3) is 5.57 Å². The summed E-state index contributed by atoms with van der Waals surface area (Å²) in [7, 11) is 0. The lowest BCUT2D eigenvalue weighted by Crippen LogP contribution is -2.22. The Labute approximate surface area is 151 Å². The van der Waals surface area contributed by atoms with E-state index in [0.717, 1.165) is 27.3 Å². The Morgan fingerprint density at radius 1 is 1.08 bits per heavy atom. The van der Waals surface area contributed by atoms with Crippen LogP contribution in [0.15, 0.2) is 53.4 Å². The summed E-state index contributed by atoms with van der Waals surface area (Å²) in [4.78, 5) is 13.7. The molecular weight excluding hydrogens is 340 g/mol. The maximum Gasteiger partial charge on any atom is 0.193 e. The second-order valence-electron chi connectivity index (χ2n) is 5.88. The highest BCUT2D eigenvalue weighted by Crippen LogP contribution is 2.47. The van der Waals surface area contributed by atoms with Gasteiger partial charge in [0.2, 0.25) is 0 Å². The lowest BCUT2D eigenvalue weighted by Gasteiger charge is -2.18. The normalized spacial score (nSPS) is 20.8. The van der Waals surface area contributed by atoms with E-state index in [4.69, 9.17) is 11.6 Å². The standard InChI is InChI=1S/C20H19ClO2S/c1-3-24-20-16(13-6-4-12(2)5-7-13)18(22)19(23)17(20)14-8-10-15(21)11-9-14/h4-11,16,18,22H,3H2,1-2H3. The van der Waals surface area contributed by atoms with Gasteiger partial charge in [0.05, 0.1) is 0 Å². The van der Waals surface area contributed by atoms with Crippen molar-refractivity contribution in [2.45, 2.75) is 25.9 Å². The van der Waals surface area contributed by atoms with Crippen molar-refractivity contribution in [3.63, 3.8) is 0 Å². The Bertz CT molecular complexity index is 778. The summed E-state index contributed by atoms with van der Waals surface area (Å²) < 4.78 is 0. The molecule has 2 aromatic carbocycles. The molecule has 124 valence electrons. The SMILES string of the molecule is CCSC1=C(c2ccc(Cl)cc2)C(=O)C(O)C1c1ccc(C)cc1. The van der Waals surface area contributed by atoms with Gasteiger partial charge >= 0.3 is 0 Å². The van der Waals surface area contributed by atoms with E-state index in [1.807, 2.05) is 43.3 Å². The van der Waals surface area contributed by atoms with Gasteiger partial charge in [0.25, 0.3) is 0 Å². The van der Waals surface area contributed by atoms with E-state index in [-0.39, 0.29) is 11.7 Å². The quantitative estimate of drug-likeness (QED) is 0.849. The summed E-state index contributed by atoms with van der Waals surface area (Å²) in [6.07, 6.45) is -1.03. The number of carbonyl (C=O) groups is 1. The van der Waals surface area contributed by atoms with Crippen molar-refractivity contribution in [2.24, 2.45) is 0 Å². The van der Waals surface area contributed by atoms with Crippen LogP contribution in [0.1, 0.15) is 29.5 Å². The van der Waals surface area contributed by atoms with Crippen LogP contribution >= 0.6 is 23.4 Å². The summed E-state index contributed by atoms with van der Waals surface area (Å²) in [6.45, 7) is 4.08. The first-order valence-corrected chi connectivity index (χ1v) is 9.31. The third-order valence-corrected chi connectivity index (χ3v) is 5.54. The van der Waals surface area contributed by atoms with Gasteiger partial charge in [0.1, 0.15) is 6.10 Å². The van der Waals surface area contributed by atoms with Crippen molar-refractivity contribution in [3.8, 4) is 0 Å². The molecule has 0 amide bonds. The molecule has 24 heavy (non-hydrogen) atoms. The summed E-state index contributed by atoms with van der Waals surface area (Å²) in [5.74, 6) is 0.335. The third-order valence-electron chi connectivity index (χ3n) is 4.23. The fourth-order valence-electron chi connectivity index (χ4n) is 3.05. The molecule has 2 atom stereocenters. The molecule has 0 radical (unpaired) electrons. The molecule has 4 heteroatoms. The monoisotopic (exact) mass is 358 g/mol. The minimum atomic E-state index is -1.03. The molecule has 0 aliphatic heterocycles. The maximum absolute atomic E-state index is 12.8. The van der Waals surface area contributed by atoms with E-state index >= 15 is 0 Å². The van der Waals surface area contributed by atoms with Gasteiger partial charge in [-0.25, -0.2) is 0 Å². The van der Waals surface area contributed by atoms with Gasteiger partial charge in [-0.2, -0.15) is 0 Å². The highest BCUT2D eigenvalue weighted by molar-refractivity contribution is 8.03. The van der Waals surface area contributed by atoms with Gasteiger partial charge < -0.3 is 5.11 Å². The lowest BCUT2D eigenvalue weighted by atomic mass is 9.95. The molecule has 0 fully saturated rings. The number of halogens is 1. The number of rotatable bonds is 4. The van der Waals surface area contributed by atoms with E-state index < -0.39 is 6.10 Å². The van der Waals surface area contributed by atoms with Crippen LogP contribution in [0.2, 0.25) is 5.02 Å². The van der Waals surface area contributed by atoms with Gasteiger partial charge in [-0.15, -0.1) is 11.8 Å². The molecule has 0 saturated carbocycles. The van der Waals surface area contributed by atoms with Crippen LogP contribution in [0, 0.1) is 6.92 Å². The first-order valence-electron chi connectivity index (χ1n) is 7.94. The Balaban J connectivity index is 2.13. The number of hydrogen-bond acceptors (Lipinski definition) is 3. The topological polar surface area (TPSA) is 37.3 Å². The Hall–Kier alpha value is -1.55. The maximum atomic E-state index is 12.8. The first kappa shape index (κ1) is 17.3. The Kier molecular flexibility index (Phi) is 5.14. The predicted octanol–water partition coefficient (Wildman–Crippen LogP) is 4.84. The second kappa shape index (κ2) is 7.14. The Morgan fingerprint density at radius 2 is 1.71 bits per heavy atom. The van der Waals surface area contributed by atoms with Crippen LogP contribution < -0.4 is 0 Å². The predicted molar refractivity (Wildman–Crippen MR) is 101 cm³/mol. The minimum absolute atomic E-state index is 0.209. The van der Waals surface area contributed by atoms with Crippen LogP contribution in [-0.2, 0) is 4.79 Å². The van der Waals surface area contributed by atoms with Crippen molar-refractivity contribution in [1.82, 2.24) is 0 Å². The smallest absolute Gasteiger partial charge is 0.193 e. The summed E-state index contributed by atoms with van der Waals surface area (Å²) in [5.41, 5.74) is 3.57. The molecule has 2 unspecified atom stereocenters. The highest BCUT2D eigenvalue weighted by atomic mass is 35.5. The van der Waals surface area contributed by atoms with Crippen molar-refractivity contribution in [1.29, 1.82) is 0 Å². The molecule has 1 aliphatic carbocycles. The molecule has 1 N–H and O–H groups in total. The van der Waals surface area contributed by atoms with Gasteiger partial charge in [0.15, 0.2) is 5.78 Å². The molecule has 0 bridgehead atoms. The molecular formula is C20H19ClO2S. The van der Waals surface area contributed by atoms with Crippen molar-refractivity contribution < 1.29 is 9.90 Å². The summed E-state index contributed by atoms with van der Waals surface area (Å²) in [5, 5.41) is 11.3. The van der Waals surface area contributed by atoms with Crippen LogP contribution in [0.5, 0.6) is 0 Å². The zero-order chi connectivity index (χ0) is 17.3. The molecule has 0 aromatic heterocycles.